The lowest BCUT2D eigenvalue weighted by Gasteiger charge is -2.20. The van der Waals surface area contributed by atoms with Gasteiger partial charge in [-0.25, -0.2) is 14.1 Å². The van der Waals surface area contributed by atoms with Crippen LogP contribution in [0.3, 0.4) is 0 Å². The van der Waals surface area contributed by atoms with Crippen molar-refractivity contribution in [2.75, 3.05) is 26.2 Å². The van der Waals surface area contributed by atoms with Gasteiger partial charge in [-0.15, -0.1) is 0 Å². The molecule has 2 heterocycles. The van der Waals surface area contributed by atoms with Crippen LogP contribution in [0.4, 0.5) is 10.1 Å². The summed E-state index contributed by atoms with van der Waals surface area (Å²) in [5.41, 5.74) is 3.87. The van der Waals surface area contributed by atoms with Crippen LogP contribution in [0.5, 0.6) is 11.5 Å². The number of methoxy groups -OCH3 is 2. The lowest BCUT2D eigenvalue weighted by atomic mass is 10.1. The Hall–Kier alpha value is -4.72. The minimum atomic E-state index is -0.320. The number of carbonyl (C=O) groups is 1. The maximum absolute atomic E-state index is 13.8. The first kappa shape index (κ1) is 24.0. The zero-order valence-corrected chi connectivity index (χ0v) is 20.7. The molecule has 2 aromatic heterocycles. The molecule has 0 saturated carbocycles. The number of halogens is 1. The van der Waals surface area contributed by atoms with Crippen LogP contribution >= 0.6 is 0 Å². The summed E-state index contributed by atoms with van der Waals surface area (Å²) in [6.45, 7) is 0.311. The molecule has 0 bridgehead atoms. The van der Waals surface area contributed by atoms with Crippen LogP contribution < -0.4 is 14.4 Å². The lowest BCUT2D eigenvalue weighted by molar-refractivity contribution is 0.0994. The van der Waals surface area contributed by atoms with Gasteiger partial charge >= 0.3 is 0 Å². The summed E-state index contributed by atoms with van der Waals surface area (Å²) in [5, 5.41) is 5.11. The van der Waals surface area contributed by atoms with Crippen LogP contribution in [0.1, 0.15) is 15.9 Å². The van der Waals surface area contributed by atoms with E-state index in [2.05, 4.69) is 5.10 Å². The summed E-state index contributed by atoms with van der Waals surface area (Å²) in [7, 11) is 4.82. The zero-order valence-electron chi connectivity index (χ0n) is 20.7. The molecule has 37 heavy (non-hydrogen) atoms. The standard InChI is InChI=1S/C29H25FN4O3/c1-33(22-12-13-26(36-2)27(15-22)37-3)29(35)23-16-25(20-9-5-4-6-10-20)32-28-24(23)17-31-34(28)18-19-8-7-11-21(30)14-19/h4-17H,18H2,1-3H3. The van der Waals surface area contributed by atoms with Gasteiger partial charge in [0.25, 0.3) is 5.91 Å². The van der Waals surface area contributed by atoms with E-state index >= 15 is 0 Å². The van der Waals surface area contributed by atoms with Crippen molar-refractivity contribution in [3.8, 4) is 22.8 Å². The fourth-order valence-electron chi connectivity index (χ4n) is 4.24. The lowest BCUT2D eigenvalue weighted by Crippen LogP contribution is -2.26. The fraction of sp³-hybridized carbons (Fsp3) is 0.138. The number of nitrogens with zero attached hydrogens (tertiary/aromatic N) is 4. The van der Waals surface area contributed by atoms with Gasteiger partial charge in [0.05, 0.1) is 43.6 Å². The molecular weight excluding hydrogens is 471 g/mol. The summed E-state index contributed by atoms with van der Waals surface area (Å²) in [5.74, 6) is 0.539. The van der Waals surface area contributed by atoms with Gasteiger partial charge in [0.1, 0.15) is 5.82 Å². The quantitative estimate of drug-likeness (QED) is 0.294. The van der Waals surface area contributed by atoms with Crippen LogP contribution in [-0.2, 0) is 6.54 Å². The van der Waals surface area contributed by atoms with Crippen molar-refractivity contribution < 1.29 is 18.7 Å². The first-order chi connectivity index (χ1) is 18.0. The molecule has 5 rings (SSSR count). The van der Waals surface area contributed by atoms with Crippen LogP contribution in [0.15, 0.2) is 85.1 Å². The molecule has 0 unspecified atom stereocenters. The van der Waals surface area contributed by atoms with Crippen LogP contribution in [0.2, 0.25) is 0 Å². The Kier molecular flexibility index (Phi) is 6.55. The van der Waals surface area contributed by atoms with Crippen molar-refractivity contribution in [3.63, 3.8) is 0 Å². The molecule has 0 aliphatic heterocycles. The molecule has 0 radical (unpaired) electrons. The highest BCUT2D eigenvalue weighted by Gasteiger charge is 2.22. The Bertz CT molecular complexity index is 1580. The zero-order chi connectivity index (χ0) is 25.9. The molecule has 0 spiro atoms. The second-order valence-corrected chi connectivity index (χ2v) is 8.49. The number of pyridine rings is 1. The molecule has 0 N–H and O–H groups in total. The average Bonchev–Trinajstić information content (AvgIpc) is 3.34. The van der Waals surface area contributed by atoms with Crippen molar-refractivity contribution in [2.24, 2.45) is 0 Å². The van der Waals surface area contributed by atoms with Crippen molar-refractivity contribution in [1.29, 1.82) is 0 Å². The summed E-state index contributed by atoms with van der Waals surface area (Å²) in [6.07, 6.45) is 1.63. The van der Waals surface area contributed by atoms with Crippen LogP contribution in [0, 0.1) is 5.82 Å². The van der Waals surface area contributed by atoms with E-state index in [4.69, 9.17) is 14.5 Å². The predicted octanol–water partition coefficient (Wildman–Crippen LogP) is 5.58. The summed E-state index contributed by atoms with van der Waals surface area (Å²) in [6, 6.07) is 23.1. The number of hydrogen-bond donors (Lipinski definition) is 0. The normalized spacial score (nSPS) is 10.9. The highest BCUT2D eigenvalue weighted by atomic mass is 19.1. The van der Waals surface area contributed by atoms with Crippen molar-refractivity contribution >= 4 is 22.6 Å². The van der Waals surface area contributed by atoms with Gasteiger partial charge in [-0.1, -0.05) is 42.5 Å². The highest BCUT2D eigenvalue weighted by molar-refractivity contribution is 6.13. The SMILES string of the molecule is COc1ccc(N(C)C(=O)c2cc(-c3ccccc3)nc3c2cnn3Cc2cccc(F)c2)cc1OC. The van der Waals surface area contributed by atoms with Gasteiger partial charge in [0.2, 0.25) is 0 Å². The average molecular weight is 497 g/mol. The third-order valence-electron chi connectivity index (χ3n) is 6.19. The molecule has 0 fully saturated rings. The molecule has 3 aromatic carbocycles. The Morgan fingerprint density at radius 2 is 1.73 bits per heavy atom. The predicted molar refractivity (Wildman–Crippen MR) is 141 cm³/mol. The summed E-state index contributed by atoms with van der Waals surface area (Å²) < 4.78 is 26.2. The molecule has 0 saturated heterocycles. The van der Waals surface area contributed by atoms with E-state index in [0.29, 0.717) is 46.0 Å². The number of amides is 1. The largest absolute Gasteiger partial charge is 0.493 e. The van der Waals surface area contributed by atoms with Gasteiger partial charge in [-0.05, 0) is 35.9 Å². The first-order valence-electron chi connectivity index (χ1n) is 11.6. The molecule has 0 aliphatic rings. The third-order valence-corrected chi connectivity index (χ3v) is 6.19. The number of fused-ring (bicyclic) bond motifs is 1. The smallest absolute Gasteiger partial charge is 0.258 e. The van der Waals surface area contributed by atoms with E-state index in [-0.39, 0.29) is 11.7 Å². The summed E-state index contributed by atoms with van der Waals surface area (Å²) >= 11 is 0. The molecule has 186 valence electrons. The van der Waals surface area contributed by atoms with Crippen LogP contribution in [-0.4, -0.2) is 41.9 Å². The Morgan fingerprint density at radius 1 is 0.946 bits per heavy atom. The number of ether oxygens (including phenoxy) is 2. The van der Waals surface area contributed by atoms with E-state index in [1.54, 1.807) is 67.4 Å². The Labute approximate surface area is 213 Å². The third kappa shape index (κ3) is 4.73. The van der Waals surface area contributed by atoms with E-state index < -0.39 is 0 Å². The Balaban J connectivity index is 1.61. The maximum atomic E-state index is 13.8. The van der Waals surface area contributed by atoms with Crippen molar-refractivity contribution in [1.82, 2.24) is 14.8 Å². The number of rotatable bonds is 7. The maximum Gasteiger partial charge on any atom is 0.258 e. The van der Waals surface area contributed by atoms with E-state index in [9.17, 15) is 9.18 Å². The monoisotopic (exact) mass is 496 g/mol. The van der Waals surface area contributed by atoms with Gasteiger partial charge in [-0.2, -0.15) is 5.10 Å². The second kappa shape index (κ2) is 10.1. The van der Waals surface area contributed by atoms with Gasteiger partial charge in [0.15, 0.2) is 17.1 Å². The van der Waals surface area contributed by atoms with Gasteiger partial charge in [-0.3, -0.25) is 4.79 Å². The summed E-state index contributed by atoms with van der Waals surface area (Å²) in [4.78, 5) is 20.2. The second-order valence-electron chi connectivity index (χ2n) is 8.49. The topological polar surface area (TPSA) is 69.5 Å². The van der Waals surface area contributed by atoms with Crippen LogP contribution in [0.25, 0.3) is 22.3 Å². The van der Waals surface area contributed by atoms with Gasteiger partial charge < -0.3 is 14.4 Å². The number of benzene rings is 3. The van der Waals surface area contributed by atoms with E-state index in [1.165, 1.54) is 12.1 Å². The molecular formula is C29H25FN4O3. The van der Waals surface area contributed by atoms with Crippen molar-refractivity contribution in [3.05, 3.63) is 102 Å². The number of anilines is 1. The number of hydrogen-bond acceptors (Lipinski definition) is 5. The molecule has 7 nitrogen and oxygen atoms in total. The minimum Gasteiger partial charge on any atom is -0.493 e. The van der Waals surface area contributed by atoms with E-state index in [1.807, 2.05) is 36.4 Å². The Morgan fingerprint density at radius 3 is 2.46 bits per heavy atom. The minimum absolute atomic E-state index is 0.234. The van der Waals surface area contributed by atoms with E-state index in [0.717, 1.165) is 11.1 Å². The fourth-order valence-corrected chi connectivity index (χ4v) is 4.24. The molecule has 8 heteroatoms. The first-order valence-corrected chi connectivity index (χ1v) is 11.6. The van der Waals surface area contributed by atoms with Crippen molar-refractivity contribution in [2.45, 2.75) is 6.54 Å². The number of carbonyl (C=O) groups excluding carboxylic acids is 1. The highest BCUT2D eigenvalue weighted by Crippen LogP contribution is 2.33. The number of aromatic nitrogens is 3. The van der Waals surface area contributed by atoms with Gasteiger partial charge in [0, 0.05) is 24.4 Å². The molecule has 0 aliphatic carbocycles. The molecule has 0 atom stereocenters. The molecule has 1 amide bonds. The molecule has 5 aromatic rings.